The second-order valence-electron chi connectivity index (χ2n) is 5.81. The highest BCUT2D eigenvalue weighted by molar-refractivity contribution is 8.14. The van der Waals surface area contributed by atoms with Gasteiger partial charge in [-0.25, -0.2) is 0 Å². The van der Waals surface area contributed by atoms with Crippen LogP contribution >= 0.6 is 11.8 Å². The molecule has 2 fully saturated rings. The van der Waals surface area contributed by atoms with E-state index in [0.717, 1.165) is 36.4 Å². The molecule has 1 N–H and O–H groups in total. The van der Waals surface area contributed by atoms with Crippen LogP contribution in [0.4, 0.5) is 0 Å². The first-order chi connectivity index (χ1) is 8.07. The molecule has 4 heteroatoms. The minimum absolute atomic E-state index is 0.00856. The molecule has 2 aliphatic heterocycles. The Morgan fingerprint density at radius 3 is 3.06 bits per heavy atom. The van der Waals surface area contributed by atoms with Crippen LogP contribution in [0.2, 0.25) is 0 Å². The van der Waals surface area contributed by atoms with Gasteiger partial charge < -0.3 is 10.1 Å². The third kappa shape index (κ3) is 3.88. The molecule has 2 heterocycles. The fourth-order valence-corrected chi connectivity index (χ4v) is 3.41. The maximum Gasteiger partial charge on any atom is 0.156 e. The predicted octanol–water partition coefficient (Wildman–Crippen LogP) is 2.66. The third-order valence-corrected chi connectivity index (χ3v) is 4.45. The molecule has 2 rings (SSSR count). The molecule has 2 unspecified atom stereocenters. The average Bonchev–Trinajstić information content (AvgIpc) is 2.85. The van der Waals surface area contributed by atoms with Gasteiger partial charge in [0, 0.05) is 18.4 Å². The van der Waals surface area contributed by atoms with Crippen LogP contribution in [0.1, 0.15) is 40.0 Å². The summed E-state index contributed by atoms with van der Waals surface area (Å²) in [5.41, 5.74) is -0.00856. The first-order valence-corrected chi connectivity index (χ1v) is 7.64. The van der Waals surface area contributed by atoms with Crippen LogP contribution in [0.3, 0.4) is 0 Å². The van der Waals surface area contributed by atoms with E-state index in [1.807, 2.05) is 11.8 Å². The van der Waals surface area contributed by atoms with E-state index >= 15 is 0 Å². The molecule has 0 aromatic heterocycles. The quantitative estimate of drug-likeness (QED) is 0.839. The van der Waals surface area contributed by atoms with E-state index < -0.39 is 0 Å². The van der Waals surface area contributed by atoms with Gasteiger partial charge in [0.05, 0.1) is 12.1 Å². The average molecular weight is 256 g/mol. The predicted molar refractivity (Wildman–Crippen MR) is 74.7 cm³/mol. The molecule has 2 atom stereocenters. The largest absolute Gasteiger partial charge is 0.373 e. The van der Waals surface area contributed by atoms with Gasteiger partial charge in [0.2, 0.25) is 0 Å². The van der Waals surface area contributed by atoms with Crippen LogP contribution in [-0.2, 0) is 4.74 Å². The molecule has 0 radical (unpaired) electrons. The van der Waals surface area contributed by atoms with Crippen LogP contribution < -0.4 is 5.32 Å². The summed E-state index contributed by atoms with van der Waals surface area (Å²) in [6.07, 6.45) is 3.56. The Bertz CT molecular complexity index is 285. The molecule has 2 aliphatic rings. The lowest BCUT2D eigenvalue weighted by molar-refractivity contribution is 0.0285. The monoisotopic (exact) mass is 256 g/mol. The molecule has 0 aliphatic carbocycles. The summed E-state index contributed by atoms with van der Waals surface area (Å²) in [6.45, 7) is 8.42. The molecule has 0 saturated carbocycles. The summed E-state index contributed by atoms with van der Waals surface area (Å²) in [6, 6.07) is 0.607. The number of aliphatic imine (C=N–C) groups is 1. The van der Waals surface area contributed by atoms with Crippen LogP contribution in [0.15, 0.2) is 4.99 Å². The van der Waals surface area contributed by atoms with E-state index in [1.54, 1.807) is 0 Å². The summed E-state index contributed by atoms with van der Waals surface area (Å²) in [5, 5.41) is 4.64. The molecule has 0 amide bonds. The number of nitrogens with zero attached hydrogens (tertiary/aromatic N) is 1. The van der Waals surface area contributed by atoms with Crippen molar-refractivity contribution in [2.24, 2.45) is 10.9 Å². The standard InChI is InChI=1S/C13H24N2OS/c1-10(2)7-11-8-17-12(15-11)14-9-13(3)5-4-6-16-13/h10-11H,4-9H2,1-3H3,(H,14,15). The maximum absolute atomic E-state index is 5.75. The van der Waals surface area contributed by atoms with Crippen molar-refractivity contribution in [2.45, 2.75) is 51.7 Å². The van der Waals surface area contributed by atoms with Crippen LogP contribution in [0, 0.1) is 5.92 Å². The van der Waals surface area contributed by atoms with E-state index in [4.69, 9.17) is 4.74 Å². The van der Waals surface area contributed by atoms with Crippen molar-refractivity contribution >= 4 is 16.9 Å². The first kappa shape index (κ1) is 13.2. The molecular formula is C13H24N2OS. The lowest BCUT2D eigenvalue weighted by Gasteiger charge is -2.20. The Morgan fingerprint density at radius 2 is 2.41 bits per heavy atom. The Morgan fingerprint density at radius 1 is 1.59 bits per heavy atom. The lowest BCUT2D eigenvalue weighted by Crippen LogP contribution is -2.31. The Hall–Kier alpha value is -0.220. The molecule has 98 valence electrons. The summed E-state index contributed by atoms with van der Waals surface area (Å²) < 4.78 is 5.75. The number of ether oxygens (including phenoxy) is 1. The van der Waals surface area contributed by atoms with Crippen LogP contribution in [0.25, 0.3) is 0 Å². The van der Waals surface area contributed by atoms with Crippen LogP contribution in [0.5, 0.6) is 0 Å². The molecule has 0 spiro atoms. The number of thioether (sulfide) groups is 1. The van der Waals surface area contributed by atoms with Crippen molar-refractivity contribution in [2.75, 3.05) is 18.9 Å². The minimum Gasteiger partial charge on any atom is -0.373 e. The van der Waals surface area contributed by atoms with Gasteiger partial charge in [0.25, 0.3) is 0 Å². The number of hydrogen-bond acceptors (Lipinski definition) is 3. The number of hydrogen-bond donors (Lipinski definition) is 1. The highest BCUT2D eigenvalue weighted by Crippen LogP contribution is 2.26. The molecule has 3 nitrogen and oxygen atoms in total. The highest BCUT2D eigenvalue weighted by atomic mass is 32.2. The number of rotatable bonds is 4. The van der Waals surface area contributed by atoms with Gasteiger partial charge in [0.15, 0.2) is 5.17 Å². The Kier molecular flexibility index (Phi) is 4.36. The van der Waals surface area contributed by atoms with E-state index in [0.29, 0.717) is 6.04 Å². The van der Waals surface area contributed by atoms with Crippen molar-refractivity contribution in [3.63, 3.8) is 0 Å². The van der Waals surface area contributed by atoms with Gasteiger partial charge in [0.1, 0.15) is 0 Å². The van der Waals surface area contributed by atoms with E-state index in [1.165, 1.54) is 12.8 Å². The van der Waals surface area contributed by atoms with Gasteiger partial charge in [-0.1, -0.05) is 25.6 Å². The summed E-state index contributed by atoms with van der Waals surface area (Å²) in [5.74, 6) is 1.91. The third-order valence-electron chi connectivity index (χ3n) is 3.36. The van der Waals surface area contributed by atoms with Gasteiger partial charge in [-0.2, -0.15) is 0 Å². The van der Waals surface area contributed by atoms with Crippen LogP contribution in [-0.4, -0.2) is 35.7 Å². The van der Waals surface area contributed by atoms with Crippen molar-refractivity contribution in [3.8, 4) is 0 Å². The van der Waals surface area contributed by atoms with Gasteiger partial charge in [-0.3, -0.25) is 4.99 Å². The molecule has 0 aromatic rings. The second kappa shape index (κ2) is 5.61. The van der Waals surface area contributed by atoms with E-state index in [9.17, 15) is 0 Å². The Balaban J connectivity index is 1.79. The highest BCUT2D eigenvalue weighted by Gasteiger charge is 2.30. The smallest absolute Gasteiger partial charge is 0.156 e. The fourth-order valence-electron chi connectivity index (χ4n) is 2.43. The maximum atomic E-state index is 5.75. The van der Waals surface area contributed by atoms with Crippen molar-refractivity contribution in [1.82, 2.24) is 5.32 Å². The fraction of sp³-hybridized carbons (Fsp3) is 0.923. The zero-order chi connectivity index (χ0) is 12.3. The lowest BCUT2D eigenvalue weighted by atomic mass is 10.0. The molecule has 17 heavy (non-hydrogen) atoms. The van der Waals surface area contributed by atoms with Crippen molar-refractivity contribution in [3.05, 3.63) is 0 Å². The zero-order valence-corrected chi connectivity index (χ0v) is 12.0. The molecule has 0 aromatic carbocycles. The molecule has 0 bridgehead atoms. The second-order valence-corrected chi connectivity index (χ2v) is 6.81. The van der Waals surface area contributed by atoms with Crippen molar-refractivity contribution < 1.29 is 4.74 Å². The molecule has 2 saturated heterocycles. The van der Waals surface area contributed by atoms with Crippen molar-refractivity contribution in [1.29, 1.82) is 0 Å². The Labute approximate surface area is 109 Å². The normalized spacial score (nSPS) is 35.8. The SMILES string of the molecule is CC(C)CC1CSC(=NCC2(C)CCCO2)N1. The number of amidine groups is 1. The summed E-state index contributed by atoms with van der Waals surface area (Å²) in [7, 11) is 0. The zero-order valence-electron chi connectivity index (χ0n) is 11.2. The first-order valence-electron chi connectivity index (χ1n) is 6.65. The van der Waals surface area contributed by atoms with E-state index in [2.05, 4.69) is 31.1 Å². The van der Waals surface area contributed by atoms with Gasteiger partial charge in [-0.05, 0) is 32.1 Å². The topological polar surface area (TPSA) is 33.6 Å². The van der Waals surface area contributed by atoms with E-state index in [-0.39, 0.29) is 5.60 Å². The summed E-state index contributed by atoms with van der Waals surface area (Å²) in [4.78, 5) is 4.68. The summed E-state index contributed by atoms with van der Waals surface area (Å²) >= 11 is 1.86. The minimum atomic E-state index is -0.00856. The molecular weight excluding hydrogens is 232 g/mol. The number of nitrogens with one attached hydrogen (secondary N) is 1. The van der Waals surface area contributed by atoms with Gasteiger partial charge >= 0.3 is 0 Å². The van der Waals surface area contributed by atoms with Gasteiger partial charge in [-0.15, -0.1) is 0 Å².